The van der Waals surface area contributed by atoms with Gasteiger partial charge < -0.3 is 26.4 Å². The van der Waals surface area contributed by atoms with E-state index in [1.54, 1.807) is 12.1 Å². The van der Waals surface area contributed by atoms with Gasteiger partial charge in [-0.1, -0.05) is 44.2 Å². The number of nitrogens with one attached hydrogen (secondary N) is 3. The van der Waals surface area contributed by atoms with Gasteiger partial charge in [-0.2, -0.15) is 0 Å². The molecule has 0 aromatic heterocycles. The van der Waals surface area contributed by atoms with E-state index in [0.29, 0.717) is 6.42 Å². The second-order valence-electron chi connectivity index (χ2n) is 6.50. The van der Waals surface area contributed by atoms with Gasteiger partial charge in [-0.25, -0.2) is 4.79 Å². The number of nitrogens with two attached hydrogens (primary N) is 1. The number of carbonyl (C=O) groups excluding carboxylic acids is 4. The fraction of sp³-hybridized carbons (Fsp3) is 0.368. The SMILES string of the molecule is CC(=O)N/C=C(/NC(=O)C(CC(C)C)NC(=O)OCc1ccccc1)C(N)=O. The first-order valence-corrected chi connectivity index (χ1v) is 8.74. The van der Waals surface area contributed by atoms with E-state index in [-0.39, 0.29) is 18.2 Å². The maximum absolute atomic E-state index is 12.5. The molecule has 0 saturated carbocycles. The van der Waals surface area contributed by atoms with E-state index < -0.39 is 29.9 Å². The standard InChI is InChI=1S/C19H26N4O5/c1-12(2)9-15(18(26)22-16(17(20)25)10-21-13(3)24)23-19(27)28-11-14-7-5-4-6-8-14/h4-8,10,12,15H,9,11H2,1-3H3,(H2,20,25)(H,21,24)(H,22,26)(H,23,27)/b16-10+. The minimum Gasteiger partial charge on any atom is -0.445 e. The van der Waals surface area contributed by atoms with Crippen LogP contribution in [0.25, 0.3) is 0 Å². The maximum Gasteiger partial charge on any atom is 0.408 e. The largest absolute Gasteiger partial charge is 0.445 e. The third kappa shape index (κ3) is 8.84. The molecular weight excluding hydrogens is 364 g/mol. The molecule has 0 aliphatic carbocycles. The van der Waals surface area contributed by atoms with Gasteiger partial charge in [0.2, 0.25) is 11.8 Å². The predicted octanol–water partition coefficient (Wildman–Crippen LogP) is 0.906. The number of rotatable bonds is 9. The summed E-state index contributed by atoms with van der Waals surface area (Å²) < 4.78 is 5.13. The Kier molecular flexibility index (Phi) is 9.21. The van der Waals surface area contributed by atoms with Crippen LogP contribution in [0.2, 0.25) is 0 Å². The zero-order valence-corrected chi connectivity index (χ0v) is 16.2. The van der Waals surface area contributed by atoms with Gasteiger partial charge in [-0.05, 0) is 17.9 Å². The molecule has 1 unspecified atom stereocenters. The van der Waals surface area contributed by atoms with Crippen LogP contribution >= 0.6 is 0 Å². The number of amides is 4. The van der Waals surface area contributed by atoms with Crippen LogP contribution in [0.15, 0.2) is 42.2 Å². The lowest BCUT2D eigenvalue weighted by Crippen LogP contribution is -2.48. The number of benzene rings is 1. The highest BCUT2D eigenvalue weighted by molar-refractivity contribution is 5.98. The van der Waals surface area contributed by atoms with Crippen molar-refractivity contribution in [1.29, 1.82) is 0 Å². The Balaban J connectivity index is 2.75. The average molecular weight is 390 g/mol. The Morgan fingerprint density at radius 1 is 1.14 bits per heavy atom. The van der Waals surface area contributed by atoms with Crippen LogP contribution in [0.1, 0.15) is 32.8 Å². The summed E-state index contributed by atoms with van der Waals surface area (Å²) in [7, 11) is 0. The third-order valence-electron chi connectivity index (χ3n) is 3.47. The van der Waals surface area contributed by atoms with Gasteiger partial charge in [0.05, 0.1) is 0 Å². The quantitative estimate of drug-likeness (QED) is 0.464. The molecule has 0 radical (unpaired) electrons. The minimum absolute atomic E-state index is 0.0532. The molecule has 0 spiro atoms. The molecule has 1 rings (SSSR count). The van der Waals surface area contributed by atoms with Crippen LogP contribution in [0.3, 0.4) is 0 Å². The first-order chi connectivity index (χ1) is 13.2. The first kappa shape index (κ1) is 22.7. The molecule has 1 aromatic rings. The molecule has 1 aromatic carbocycles. The molecule has 0 saturated heterocycles. The van der Waals surface area contributed by atoms with Gasteiger partial charge >= 0.3 is 6.09 Å². The Bertz CT molecular complexity index is 731. The van der Waals surface area contributed by atoms with Crippen molar-refractivity contribution in [3.8, 4) is 0 Å². The lowest BCUT2D eigenvalue weighted by Gasteiger charge is -2.20. The van der Waals surface area contributed by atoms with Gasteiger partial charge in [0.15, 0.2) is 0 Å². The monoisotopic (exact) mass is 390 g/mol. The summed E-state index contributed by atoms with van der Waals surface area (Å²) in [5.41, 5.74) is 5.71. The highest BCUT2D eigenvalue weighted by Crippen LogP contribution is 2.07. The van der Waals surface area contributed by atoms with Crippen molar-refractivity contribution in [2.24, 2.45) is 11.7 Å². The Hall–Kier alpha value is -3.36. The molecule has 0 aliphatic rings. The maximum atomic E-state index is 12.5. The molecule has 4 amide bonds. The summed E-state index contributed by atoms with van der Waals surface area (Å²) >= 11 is 0. The topological polar surface area (TPSA) is 140 Å². The van der Waals surface area contributed by atoms with Gasteiger partial charge in [-0.3, -0.25) is 14.4 Å². The van der Waals surface area contributed by atoms with Gasteiger partial charge in [0.25, 0.3) is 5.91 Å². The van der Waals surface area contributed by atoms with Crippen molar-refractivity contribution >= 4 is 23.8 Å². The summed E-state index contributed by atoms with van der Waals surface area (Å²) in [6.07, 6.45) is 0.539. The number of primary amides is 1. The summed E-state index contributed by atoms with van der Waals surface area (Å²) in [5, 5.41) is 7.07. The molecule has 0 heterocycles. The van der Waals surface area contributed by atoms with E-state index in [1.807, 2.05) is 32.0 Å². The van der Waals surface area contributed by atoms with Crippen molar-refractivity contribution < 1.29 is 23.9 Å². The van der Waals surface area contributed by atoms with Crippen LogP contribution < -0.4 is 21.7 Å². The third-order valence-corrected chi connectivity index (χ3v) is 3.47. The van der Waals surface area contributed by atoms with Gasteiger partial charge in [0.1, 0.15) is 18.3 Å². The summed E-state index contributed by atoms with van der Waals surface area (Å²) in [6, 6.07) is 8.13. The van der Waals surface area contributed by atoms with Crippen LogP contribution in [-0.2, 0) is 25.7 Å². The number of carbonyl (C=O) groups is 4. The molecule has 152 valence electrons. The fourth-order valence-corrected chi connectivity index (χ4v) is 2.17. The minimum atomic E-state index is -0.955. The van der Waals surface area contributed by atoms with Crippen molar-refractivity contribution in [1.82, 2.24) is 16.0 Å². The van der Waals surface area contributed by atoms with Crippen molar-refractivity contribution in [3.63, 3.8) is 0 Å². The number of alkyl carbamates (subject to hydrolysis) is 1. The normalized spacial score (nSPS) is 12.1. The number of hydrogen-bond donors (Lipinski definition) is 4. The van der Waals surface area contributed by atoms with E-state index in [9.17, 15) is 19.2 Å². The Labute approximate surface area is 163 Å². The zero-order valence-electron chi connectivity index (χ0n) is 16.2. The second kappa shape index (κ2) is 11.4. The van der Waals surface area contributed by atoms with Crippen LogP contribution in [-0.4, -0.2) is 29.9 Å². The van der Waals surface area contributed by atoms with Gasteiger partial charge in [0, 0.05) is 13.1 Å². The summed E-state index contributed by atoms with van der Waals surface area (Å²) in [4.78, 5) is 47.0. The fourth-order valence-electron chi connectivity index (χ4n) is 2.17. The van der Waals surface area contributed by atoms with Crippen LogP contribution in [0.5, 0.6) is 0 Å². The first-order valence-electron chi connectivity index (χ1n) is 8.74. The summed E-state index contributed by atoms with van der Waals surface area (Å²) in [6.45, 7) is 5.04. The molecule has 9 nitrogen and oxygen atoms in total. The lowest BCUT2D eigenvalue weighted by molar-refractivity contribution is -0.124. The summed E-state index contributed by atoms with van der Waals surface area (Å²) in [5.74, 6) is -1.95. The second-order valence-corrected chi connectivity index (χ2v) is 6.50. The Morgan fingerprint density at radius 3 is 2.32 bits per heavy atom. The van der Waals surface area contributed by atoms with Crippen LogP contribution in [0.4, 0.5) is 4.79 Å². The molecule has 5 N–H and O–H groups in total. The van der Waals surface area contributed by atoms with Gasteiger partial charge in [-0.15, -0.1) is 0 Å². The van der Waals surface area contributed by atoms with Crippen molar-refractivity contribution in [2.75, 3.05) is 0 Å². The molecule has 9 heteroatoms. The van der Waals surface area contributed by atoms with E-state index in [4.69, 9.17) is 10.5 Å². The number of ether oxygens (including phenoxy) is 1. The van der Waals surface area contributed by atoms with Crippen LogP contribution in [0, 0.1) is 5.92 Å². The van der Waals surface area contributed by atoms with Crippen molar-refractivity contribution in [3.05, 3.63) is 47.8 Å². The number of hydrogen-bond acceptors (Lipinski definition) is 5. The molecule has 1 atom stereocenters. The smallest absolute Gasteiger partial charge is 0.408 e. The highest BCUT2D eigenvalue weighted by atomic mass is 16.5. The average Bonchev–Trinajstić information content (AvgIpc) is 2.62. The predicted molar refractivity (Wildman–Crippen MR) is 102 cm³/mol. The van der Waals surface area contributed by atoms with E-state index in [0.717, 1.165) is 11.8 Å². The molecule has 0 fully saturated rings. The highest BCUT2D eigenvalue weighted by Gasteiger charge is 2.24. The zero-order chi connectivity index (χ0) is 21.1. The van der Waals surface area contributed by atoms with E-state index in [1.165, 1.54) is 6.92 Å². The van der Waals surface area contributed by atoms with Crippen molar-refractivity contribution in [2.45, 2.75) is 39.8 Å². The van der Waals surface area contributed by atoms with E-state index >= 15 is 0 Å². The lowest BCUT2D eigenvalue weighted by atomic mass is 10.0. The van der Waals surface area contributed by atoms with E-state index in [2.05, 4.69) is 16.0 Å². The molecule has 28 heavy (non-hydrogen) atoms. The molecular formula is C19H26N4O5. The molecule has 0 bridgehead atoms. The Morgan fingerprint density at radius 2 is 1.79 bits per heavy atom. The molecule has 0 aliphatic heterocycles.